The highest BCUT2D eigenvalue weighted by atomic mass is 16.6. The zero-order valence-corrected chi connectivity index (χ0v) is 8.67. The van der Waals surface area contributed by atoms with E-state index < -0.39 is 0 Å². The maximum absolute atomic E-state index is 5.64. The molecular weight excluding hydrogens is 180 g/mol. The van der Waals surface area contributed by atoms with Crippen molar-refractivity contribution in [1.82, 2.24) is 10.3 Å². The van der Waals surface area contributed by atoms with Gasteiger partial charge in [-0.05, 0) is 39.8 Å². The third-order valence-electron chi connectivity index (χ3n) is 2.56. The topological polar surface area (TPSA) is 47.3 Å². The Labute approximate surface area is 83.7 Å². The number of piperidine rings is 1. The van der Waals surface area contributed by atoms with Crippen molar-refractivity contribution in [3.05, 3.63) is 11.5 Å². The summed E-state index contributed by atoms with van der Waals surface area (Å²) in [6, 6.07) is 0. The number of nitrogens with one attached hydrogen (secondary N) is 1. The third-order valence-corrected chi connectivity index (χ3v) is 2.56. The van der Waals surface area contributed by atoms with Crippen molar-refractivity contribution in [2.24, 2.45) is 0 Å². The highest BCUT2D eigenvalue weighted by molar-refractivity contribution is 5.08. The lowest BCUT2D eigenvalue weighted by molar-refractivity contribution is 0.117. The van der Waals surface area contributed by atoms with Crippen molar-refractivity contribution in [3.8, 4) is 6.08 Å². The van der Waals surface area contributed by atoms with E-state index in [1.54, 1.807) is 0 Å². The molecule has 0 aromatic carbocycles. The van der Waals surface area contributed by atoms with Crippen molar-refractivity contribution in [1.29, 1.82) is 0 Å². The molecule has 2 rings (SSSR count). The SMILES string of the molecule is Cc1nc(OC2CCNCC2)oc1C. The summed E-state index contributed by atoms with van der Waals surface area (Å²) in [7, 11) is 0. The van der Waals surface area contributed by atoms with Gasteiger partial charge in [0.25, 0.3) is 0 Å². The molecule has 2 heterocycles. The summed E-state index contributed by atoms with van der Waals surface area (Å²) in [6.45, 7) is 5.86. The molecular formula is C10H16N2O2. The maximum atomic E-state index is 5.64. The molecule has 0 saturated carbocycles. The average Bonchev–Trinajstić information content (AvgIpc) is 2.47. The molecule has 1 aromatic rings. The van der Waals surface area contributed by atoms with Gasteiger partial charge in [-0.25, -0.2) is 0 Å². The van der Waals surface area contributed by atoms with E-state index >= 15 is 0 Å². The molecule has 1 fully saturated rings. The summed E-state index contributed by atoms with van der Waals surface area (Å²) in [4.78, 5) is 4.20. The lowest BCUT2D eigenvalue weighted by Crippen LogP contribution is -2.34. The molecule has 0 bridgehead atoms. The summed E-state index contributed by atoms with van der Waals surface area (Å²) >= 11 is 0. The second-order valence-corrected chi connectivity index (χ2v) is 3.69. The fourth-order valence-electron chi connectivity index (χ4n) is 1.55. The zero-order valence-electron chi connectivity index (χ0n) is 8.67. The van der Waals surface area contributed by atoms with Crippen LogP contribution in [0.2, 0.25) is 0 Å². The predicted octanol–water partition coefficient (Wildman–Crippen LogP) is 1.42. The normalized spacial score (nSPS) is 18.4. The van der Waals surface area contributed by atoms with Gasteiger partial charge in [-0.2, -0.15) is 4.98 Å². The predicted molar refractivity (Wildman–Crippen MR) is 52.5 cm³/mol. The number of nitrogens with zero attached hydrogens (tertiary/aromatic N) is 1. The summed E-state index contributed by atoms with van der Waals surface area (Å²) in [5.41, 5.74) is 0.911. The first-order chi connectivity index (χ1) is 6.75. The molecule has 1 saturated heterocycles. The number of oxazole rings is 1. The highest BCUT2D eigenvalue weighted by Crippen LogP contribution is 2.18. The Balaban J connectivity index is 1.95. The molecule has 0 spiro atoms. The van der Waals surface area contributed by atoms with Crippen LogP contribution in [0.5, 0.6) is 6.08 Å². The van der Waals surface area contributed by atoms with Crippen molar-refractivity contribution in [3.63, 3.8) is 0 Å². The number of aryl methyl sites for hydroxylation is 2. The number of hydrogen-bond acceptors (Lipinski definition) is 4. The highest BCUT2D eigenvalue weighted by Gasteiger charge is 2.17. The van der Waals surface area contributed by atoms with Crippen molar-refractivity contribution in [2.75, 3.05) is 13.1 Å². The van der Waals surface area contributed by atoms with Crippen molar-refractivity contribution >= 4 is 0 Å². The first kappa shape index (κ1) is 9.52. The quantitative estimate of drug-likeness (QED) is 0.777. The minimum atomic E-state index is 0.258. The second kappa shape index (κ2) is 4.00. The molecule has 1 N–H and O–H groups in total. The zero-order chi connectivity index (χ0) is 9.97. The first-order valence-corrected chi connectivity index (χ1v) is 5.07. The molecule has 0 radical (unpaired) electrons. The van der Waals surface area contributed by atoms with Gasteiger partial charge in [-0.3, -0.25) is 0 Å². The van der Waals surface area contributed by atoms with Gasteiger partial charge in [0.2, 0.25) is 0 Å². The number of rotatable bonds is 2. The van der Waals surface area contributed by atoms with Gasteiger partial charge in [-0.1, -0.05) is 0 Å². The van der Waals surface area contributed by atoms with E-state index in [0.717, 1.165) is 37.4 Å². The lowest BCUT2D eigenvalue weighted by Gasteiger charge is -2.21. The molecule has 0 aliphatic carbocycles. The molecule has 1 aliphatic heterocycles. The van der Waals surface area contributed by atoms with E-state index in [1.165, 1.54) is 0 Å². The molecule has 0 amide bonds. The second-order valence-electron chi connectivity index (χ2n) is 3.69. The minimum absolute atomic E-state index is 0.258. The van der Waals surface area contributed by atoms with Gasteiger partial charge in [-0.15, -0.1) is 0 Å². The van der Waals surface area contributed by atoms with Gasteiger partial charge in [0.1, 0.15) is 11.9 Å². The Morgan fingerprint density at radius 2 is 2.07 bits per heavy atom. The summed E-state index contributed by atoms with van der Waals surface area (Å²) in [6.07, 6.45) is 2.74. The van der Waals surface area contributed by atoms with Crippen molar-refractivity contribution in [2.45, 2.75) is 32.8 Å². The van der Waals surface area contributed by atoms with Crippen LogP contribution >= 0.6 is 0 Å². The van der Waals surface area contributed by atoms with E-state index in [4.69, 9.17) is 9.15 Å². The Kier molecular flexibility index (Phi) is 2.72. The number of aromatic nitrogens is 1. The largest absolute Gasteiger partial charge is 0.447 e. The minimum Gasteiger partial charge on any atom is -0.447 e. The molecule has 14 heavy (non-hydrogen) atoms. The van der Waals surface area contributed by atoms with E-state index in [-0.39, 0.29) is 6.10 Å². The van der Waals surface area contributed by atoms with Crippen molar-refractivity contribution < 1.29 is 9.15 Å². The van der Waals surface area contributed by atoms with Crippen LogP contribution < -0.4 is 10.1 Å². The smallest absolute Gasteiger partial charge is 0.394 e. The average molecular weight is 196 g/mol. The Morgan fingerprint density at radius 1 is 1.36 bits per heavy atom. The van der Waals surface area contributed by atoms with Gasteiger partial charge in [0.15, 0.2) is 0 Å². The van der Waals surface area contributed by atoms with Crippen LogP contribution in [0.1, 0.15) is 24.3 Å². The van der Waals surface area contributed by atoms with Gasteiger partial charge in [0.05, 0.1) is 5.69 Å². The summed E-state index contributed by atoms with van der Waals surface area (Å²) in [5, 5.41) is 3.29. The molecule has 1 aromatic heterocycles. The number of ether oxygens (including phenoxy) is 1. The fourth-order valence-corrected chi connectivity index (χ4v) is 1.55. The van der Waals surface area contributed by atoms with Crippen LogP contribution in [0.25, 0.3) is 0 Å². The Hall–Kier alpha value is -1.03. The molecule has 1 aliphatic rings. The maximum Gasteiger partial charge on any atom is 0.394 e. The van der Waals surface area contributed by atoms with E-state index in [0.29, 0.717) is 6.08 Å². The van der Waals surface area contributed by atoms with E-state index in [2.05, 4.69) is 10.3 Å². The summed E-state index contributed by atoms with van der Waals surface area (Å²) in [5.74, 6) is 0.842. The first-order valence-electron chi connectivity index (χ1n) is 5.07. The monoisotopic (exact) mass is 196 g/mol. The van der Waals surface area contributed by atoms with E-state index in [1.807, 2.05) is 13.8 Å². The summed E-state index contributed by atoms with van der Waals surface area (Å²) < 4.78 is 11.0. The molecule has 78 valence electrons. The van der Waals surface area contributed by atoms with Crippen LogP contribution in [-0.4, -0.2) is 24.2 Å². The molecule has 4 nitrogen and oxygen atoms in total. The van der Waals surface area contributed by atoms with Crippen LogP contribution in [0, 0.1) is 13.8 Å². The number of hydrogen-bond donors (Lipinski definition) is 1. The lowest BCUT2D eigenvalue weighted by atomic mass is 10.1. The van der Waals surface area contributed by atoms with Crippen LogP contribution in [0.4, 0.5) is 0 Å². The third kappa shape index (κ3) is 2.07. The molecule has 0 unspecified atom stereocenters. The van der Waals surface area contributed by atoms with Gasteiger partial charge < -0.3 is 14.5 Å². The van der Waals surface area contributed by atoms with Crippen LogP contribution in [0.3, 0.4) is 0 Å². The van der Waals surface area contributed by atoms with Gasteiger partial charge >= 0.3 is 6.08 Å². The Bertz CT molecular complexity index is 284. The van der Waals surface area contributed by atoms with Gasteiger partial charge in [0, 0.05) is 0 Å². The molecule has 4 heteroatoms. The molecule has 0 atom stereocenters. The van der Waals surface area contributed by atoms with E-state index in [9.17, 15) is 0 Å². The van der Waals surface area contributed by atoms with Crippen LogP contribution in [-0.2, 0) is 0 Å². The standard InChI is InChI=1S/C10H16N2O2/c1-7-8(2)13-10(12-7)14-9-3-5-11-6-4-9/h9,11H,3-6H2,1-2H3. The fraction of sp³-hybridized carbons (Fsp3) is 0.700. The van der Waals surface area contributed by atoms with Crippen LogP contribution in [0.15, 0.2) is 4.42 Å². The Morgan fingerprint density at radius 3 is 2.64 bits per heavy atom.